The summed E-state index contributed by atoms with van der Waals surface area (Å²) < 4.78 is 0.982. The van der Waals surface area contributed by atoms with Gasteiger partial charge in [-0.2, -0.15) is 0 Å². The molecule has 102 valence electrons. The van der Waals surface area contributed by atoms with E-state index in [2.05, 4.69) is 28.2 Å². The molecule has 0 bridgehead atoms. The molecule has 1 aromatic rings. The van der Waals surface area contributed by atoms with Crippen molar-refractivity contribution in [1.82, 2.24) is 5.32 Å². The third kappa shape index (κ3) is 4.96. The molecule has 0 aromatic heterocycles. The highest BCUT2D eigenvalue weighted by Gasteiger charge is 2.13. The minimum atomic E-state index is 0.177. The summed E-state index contributed by atoms with van der Waals surface area (Å²) in [5, 5.41) is 22.0. The Morgan fingerprint density at radius 1 is 1.28 bits per heavy atom. The Kier molecular flexibility index (Phi) is 7.32. The average Bonchev–Trinajstić information content (AvgIpc) is 2.37. The van der Waals surface area contributed by atoms with Gasteiger partial charge in [-0.15, -0.1) is 0 Å². The zero-order valence-corrected chi connectivity index (χ0v) is 12.4. The predicted octanol–water partition coefficient (Wildman–Crippen LogP) is 3.36. The number of aliphatic hydroxyl groups is 1. The highest BCUT2D eigenvalue weighted by atomic mass is 79.9. The molecule has 0 aliphatic rings. The molecule has 4 heteroatoms. The number of hydrogen-bond acceptors (Lipinski definition) is 3. The van der Waals surface area contributed by atoms with E-state index in [0.717, 1.165) is 42.3 Å². The minimum absolute atomic E-state index is 0.177. The number of halogens is 1. The number of aliphatic hydroxyl groups excluding tert-OH is 1. The lowest BCUT2D eigenvalue weighted by atomic mass is 10.0. The summed E-state index contributed by atoms with van der Waals surface area (Å²) in [4.78, 5) is 0. The molecule has 1 aromatic carbocycles. The molecule has 0 aliphatic carbocycles. The monoisotopic (exact) mass is 315 g/mol. The fourth-order valence-corrected chi connectivity index (χ4v) is 2.35. The van der Waals surface area contributed by atoms with Crippen molar-refractivity contribution >= 4 is 15.9 Å². The van der Waals surface area contributed by atoms with Crippen molar-refractivity contribution in [3.05, 3.63) is 28.2 Å². The molecule has 3 nitrogen and oxygen atoms in total. The molecule has 18 heavy (non-hydrogen) atoms. The van der Waals surface area contributed by atoms with E-state index in [1.165, 1.54) is 0 Å². The maximum atomic E-state index is 9.88. The van der Waals surface area contributed by atoms with Gasteiger partial charge in [0.15, 0.2) is 0 Å². The zero-order valence-electron chi connectivity index (χ0n) is 10.8. The maximum Gasteiger partial charge on any atom is 0.120 e. The first-order chi connectivity index (χ1) is 8.69. The predicted molar refractivity (Wildman–Crippen MR) is 77.8 cm³/mol. The number of hydrogen-bond donors (Lipinski definition) is 3. The number of benzene rings is 1. The molecule has 1 rings (SSSR count). The van der Waals surface area contributed by atoms with Gasteiger partial charge in [0, 0.05) is 22.7 Å². The summed E-state index contributed by atoms with van der Waals surface area (Å²) in [6, 6.07) is 5.70. The smallest absolute Gasteiger partial charge is 0.120 e. The lowest BCUT2D eigenvalue weighted by Crippen LogP contribution is -2.22. The van der Waals surface area contributed by atoms with Crippen LogP contribution in [-0.2, 0) is 0 Å². The molecular weight excluding hydrogens is 294 g/mol. The van der Waals surface area contributed by atoms with Crippen LogP contribution in [0.3, 0.4) is 0 Å². The van der Waals surface area contributed by atoms with Gasteiger partial charge in [0.25, 0.3) is 0 Å². The summed E-state index contributed by atoms with van der Waals surface area (Å²) in [7, 11) is 0. The van der Waals surface area contributed by atoms with E-state index in [9.17, 15) is 5.11 Å². The van der Waals surface area contributed by atoms with E-state index < -0.39 is 0 Å². The molecule has 0 heterocycles. The Morgan fingerprint density at radius 3 is 2.72 bits per heavy atom. The van der Waals surface area contributed by atoms with Crippen LogP contribution < -0.4 is 5.32 Å². The molecular formula is C14H22BrNO2. The summed E-state index contributed by atoms with van der Waals surface area (Å²) >= 11 is 3.43. The Bertz CT molecular complexity index is 358. The molecule has 3 N–H and O–H groups in total. The summed E-state index contributed by atoms with van der Waals surface area (Å²) in [5.41, 5.74) is 0.939. The van der Waals surface area contributed by atoms with Crippen LogP contribution in [-0.4, -0.2) is 23.4 Å². The lowest BCUT2D eigenvalue weighted by Gasteiger charge is -2.19. The van der Waals surface area contributed by atoms with Crippen LogP contribution >= 0.6 is 15.9 Å². The largest absolute Gasteiger partial charge is 0.508 e. The molecule has 0 aliphatic heterocycles. The Labute approximate surface area is 117 Å². The van der Waals surface area contributed by atoms with Crippen LogP contribution in [0.4, 0.5) is 0 Å². The van der Waals surface area contributed by atoms with Gasteiger partial charge in [0.2, 0.25) is 0 Å². The van der Waals surface area contributed by atoms with Crippen LogP contribution in [0, 0.1) is 0 Å². The molecule has 0 fully saturated rings. The van der Waals surface area contributed by atoms with E-state index in [0.29, 0.717) is 5.75 Å². The van der Waals surface area contributed by atoms with Gasteiger partial charge >= 0.3 is 0 Å². The second kappa shape index (κ2) is 8.51. The van der Waals surface area contributed by atoms with Gasteiger partial charge in [-0.1, -0.05) is 22.9 Å². The van der Waals surface area contributed by atoms with Gasteiger partial charge in [-0.3, -0.25) is 0 Å². The van der Waals surface area contributed by atoms with E-state index in [1.807, 2.05) is 12.1 Å². The van der Waals surface area contributed by atoms with Crippen LogP contribution in [0.2, 0.25) is 0 Å². The molecule has 0 saturated heterocycles. The minimum Gasteiger partial charge on any atom is -0.508 e. The summed E-state index contributed by atoms with van der Waals surface area (Å²) in [6.45, 7) is 3.28. The van der Waals surface area contributed by atoms with Crippen molar-refractivity contribution in [2.75, 3.05) is 13.2 Å². The van der Waals surface area contributed by atoms with Gasteiger partial charge in [-0.05, 0) is 50.4 Å². The van der Waals surface area contributed by atoms with Crippen molar-refractivity contribution < 1.29 is 10.2 Å². The molecule has 1 atom stereocenters. The topological polar surface area (TPSA) is 52.5 Å². The first-order valence-corrected chi connectivity index (χ1v) is 7.31. The van der Waals surface area contributed by atoms with E-state index in [-0.39, 0.29) is 12.6 Å². The van der Waals surface area contributed by atoms with Crippen LogP contribution in [0.15, 0.2) is 22.7 Å². The number of phenols is 1. The van der Waals surface area contributed by atoms with Gasteiger partial charge in [0.05, 0.1) is 0 Å². The van der Waals surface area contributed by atoms with Crippen molar-refractivity contribution in [3.63, 3.8) is 0 Å². The number of phenolic OH excluding ortho intramolecular Hbond substituents is 1. The SMILES string of the molecule is CCC(NCCCCCO)c1cc(Br)ccc1O. The average molecular weight is 316 g/mol. The third-order valence-electron chi connectivity index (χ3n) is 3.00. The van der Waals surface area contributed by atoms with Crippen molar-refractivity contribution in [2.45, 2.75) is 38.6 Å². The van der Waals surface area contributed by atoms with E-state index in [1.54, 1.807) is 6.07 Å². The zero-order chi connectivity index (χ0) is 13.4. The standard InChI is InChI=1S/C14H22BrNO2/c1-2-13(16-8-4-3-5-9-17)12-10-11(15)6-7-14(12)18/h6-7,10,13,16-18H,2-5,8-9H2,1H3. The third-order valence-corrected chi connectivity index (χ3v) is 3.49. The number of nitrogens with one attached hydrogen (secondary N) is 1. The van der Waals surface area contributed by atoms with Gasteiger partial charge < -0.3 is 15.5 Å². The first kappa shape index (κ1) is 15.5. The van der Waals surface area contributed by atoms with Crippen molar-refractivity contribution in [1.29, 1.82) is 0 Å². The van der Waals surface area contributed by atoms with Gasteiger partial charge in [-0.25, -0.2) is 0 Å². The highest BCUT2D eigenvalue weighted by molar-refractivity contribution is 9.10. The quantitative estimate of drug-likeness (QED) is 0.645. The second-order valence-electron chi connectivity index (χ2n) is 4.40. The number of rotatable bonds is 8. The normalized spacial score (nSPS) is 12.6. The van der Waals surface area contributed by atoms with Crippen LogP contribution in [0.25, 0.3) is 0 Å². The molecule has 0 amide bonds. The molecule has 0 radical (unpaired) electrons. The van der Waals surface area contributed by atoms with Crippen LogP contribution in [0.1, 0.15) is 44.2 Å². The Morgan fingerprint density at radius 2 is 2.06 bits per heavy atom. The molecule has 0 saturated carbocycles. The highest BCUT2D eigenvalue weighted by Crippen LogP contribution is 2.29. The van der Waals surface area contributed by atoms with Crippen LogP contribution in [0.5, 0.6) is 5.75 Å². The summed E-state index contributed by atoms with van der Waals surface area (Å²) in [6.07, 6.45) is 3.88. The Hall–Kier alpha value is -0.580. The van der Waals surface area contributed by atoms with Crippen molar-refractivity contribution in [3.8, 4) is 5.75 Å². The van der Waals surface area contributed by atoms with Gasteiger partial charge in [0.1, 0.15) is 5.75 Å². The second-order valence-corrected chi connectivity index (χ2v) is 5.32. The van der Waals surface area contributed by atoms with E-state index in [4.69, 9.17) is 5.11 Å². The lowest BCUT2D eigenvalue weighted by molar-refractivity contribution is 0.282. The first-order valence-electron chi connectivity index (χ1n) is 6.51. The van der Waals surface area contributed by atoms with E-state index >= 15 is 0 Å². The Balaban J connectivity index is 2.52. The number of aromatic hydroxyl groups is 1. The fraction of sp³-hybridized carbons (Fsp3) is 0.571. The number of unbranched alkanes of at least 4 members (excludes halogenated alkanes) is 2. The summed E-state index contributed by atoms with van der Waals surface area (Å²) in [5.74, 6) is 0.341. The fourth-order valence-electron chi connectivity index (χ4n) is 1.97. The molecule has 0 spiro atoms. The maximum absolute atomic E-state index is 9.88. The molecule has 1 unspecified atom stereocenters. The van der Waals surface area contributed by atoms with Crippen molar-refractivity contribution in [2.24, 2.45) is 0 Å².